The summed E-state index contributed by atoms with van der Waals surface area (Å²) in [5.41, 5.74) is 0.988. The Labute approximate surface area is 148 Å². The number of pyridine rings is 1. The van der Waals surface area contributed by atoms with Crippen LogP contribution in [-0.4, -0.2) is 26.6 Å². The first-order valence-electron chi connectivity index (χ1n) is 7.71. The lowest BCUT2D eigenvalue weighted by Crippen LogP contribution is -2.24. The number of hydrogen-bond donors (Lipinski definition) is 1. The van der Waals surface area contributed by atoms with Crippen molar-refractivity contribution in [2.24, 2.45) is 0 Å². The number of fused-ring (bicyclic) bond motifs is 1. The molecule has 1 N–H and O–H groups in total. The second-order valence-corrected chi connectivity index (χ2v) is 7.37. The number of hydrogen-bond acceptors (Lipinski definition) is 6. The van der Waals surface area contributed by atoms with Crippen LogP contribution < -0.4 is 5.32 Å². The number of aromatic nitrogens is 3. The van der Waals surface area contributed by atoms with Gasteiger partial charge in [0, 0.05) is 29.2 Å². The van der Waals surface area contributed by atoms with Gasteiger partial charge in [-0.1, -0.05) is 24.8 Å². The molecule has 0 aliphatic carbocycles. The first-order valence-corrected chi connectivity index (χ1v) is 9.51. The van der Waals surface area contributed by atoms with Crippen LogP contribution in [0.25, 0.3) is 10.2 Å². The summed E-state index contributed by atoms with van der Waals surface area (Å²) < 4.78 is 0. The van der Waals surface area contributed by atoms with Gasteiger partial charge in [-0.15, -0.1) is 11.3 Å². The van der Waals surface area contributed by atoms with Crippen molar-refractivity contribution in [2.45, 2.75) is 31.8 Å². The van der Waals surface area contributed by atoms with Gasteiger partial charge in [0.05, 0.1) is 5.75 Å². The largest absolute Gasteiger partial charge is 0.351 e. The Balaban J connectivity index is 1.64. The van der Waals surface area contributed by atoms with Gasteiger partial charge < -0.3 is 5.32 Å². The zero-order chi connectivity index (χ0) is 16.9. The third-order valence-electron chi connectivity index (χ3n) is 3.42. The monoisotopic (exact) mass is 358 g/mol. The van der Waals surface area contributed by atoms with E-state index in [9.17, 15) is 4.79 Å². The fraction of sp³-hybridized carbons (Fsp3) is 0.294. The summed E-state index contributed by atoms with van der Waals surface area (Å²) in [6.45, 7) is 4.50. The van der Waals surface area contributed by atoms with Gasteiger partial charge in [0.25, 0.3) is 0 Å². The van der Waals surface area contributed by atoms with E-state index >= 15 is 0 Å². The average Bonchev–Trinajstić information content (AvgIpc) is 3.01. The molecule has 0 saturated heterocycles. The Morgan fingerprint density at radius 2 is 2.25 bits per heavy atom. The highest BCUT2D eigenvalue weighted by Gasteiger charge is 2.12. The molecule has 5 nitrogen and oxygen atoms in total. The van der Waals surface area contributed by atoms with E-state index in [4.69, 9.17) is 0 Å². The van der Waals surface area contributed by atoms with Crippen LogP contribution in [-0.2, 0) is 17.8 Å². The molecule has 0 atom stereocenters. The lowest BCUT2D eigenvalue weighted by molar-refractivity contribution is -0.118. The van der Waals surface area contributed by atoms with Crippen molar-refractivity contribution in [1.29, 1.82) is 0 Å². The van der Waals surface area contributed by atoms with Gasteiger partial charge in [-0.25, -0.2) is 9.97 Å². The van der Waals surface area contributed by atoms with Gasteiger partial charge in [0.15, 0.2) is 0 Å². The summed E-state index contributed by atoms with van der Waals surface area (Å²) in [7, 11) is 0. The summed E-state index contributed by atoms with van der Waals surface area (Å²) >= 11 is 3.15. The number of rotatable bonds is 6. The number of thiophene rings is 1. The third kappa shape index (κ3) is 4.10. The first kappa shape index (κ1) is 16.9. The van der Waals surface area contributed by atoms with Gasteiger partial charge in [-0.05, 0) is 31.0 Å². The van der Waals surface area contributed by atoms with E-state index in [1.807, 2.05) is 19.1 Å². The molecule has 0 aliphatic rings. The Hall–Kier alpha value is -1.99. The molecule has 1 amide bonds. The highest BCUT2D eigenvalue weighted by molar-refractivity contribution is 8.00. The van der Waals surface area contributed by atoms with Crippen molar-refractivity contribution >= 4 is 39.2 Å². The molecule has 3 aromatic heterocycles. The number of carbonyl (C=O) groups is 1. The molecule has 0 saturated carbocycles. The SMILES string of the molecule is CCc1cc2c(SCC(=O)NCc3cccnc3)nc(C)nc2s1. The van der Waals surface area contributed by atoms with Gasteiger partial charge in [0.2, 0.25) is 5.91 Å². The van der Waals surface area contributed by atoms with Crippen LogP contribution in [0.3, 0.4) is 0 Å². The third-order valence-corrected chi connectivity index (χ3v) is 5.59. The van der Waals surface area contributed by atoms with Crippen molar-refractivity contribution in [3.05, 3.63) is 46.9 Å². The standard InChI is InChI=1S/C17H18N4OS2/c1-3-13-7-14-16(20-11(2)21-17(14)24-13)23-10-15(22)19-9-12-5-4-6-18-8-12/h4-8H,3,9-10H2,1-2H3,(H,19,22). The van der Waals surface area contributed by atoms with Crippen molar-refractivity contribution in [1.82, 2.24) is 20.3 Å². The number of aryl methyl sites for hydroxylation is 2. The second-order valence-electron chi connectivity index (χ2n) is 5.29. The average molecular weight is 358 g/mol. The van der Waals surface area contributed by atoms with Crippen molar-refractivity contribution in [3.8, 4) is 0 Å². The topological polar surface area (TPSA) is 67.8 Å². The van der Waals surface area contributed by atoms with Crippen LogP contribution in [0.15, 0.2) is 35.6 Å². The quantitative estimate of drug-likeness (QED) is 0.540. The molecule has 124 valence electrons. The zero-order valence-electron chi connectivity index (χ0n) is 13.6. The molecule has 0 aliphatic heterocycles. The van der Waals surface area contributed by atoms with Crippen LogP contribution >= 0.6 is 23.1 Å². The molecule has 0 spiro atoms. The molecule has 3 heterocycles. The van der Waals surface area contributed by atoms with Crippen molar-refractivity contribution in [2.75, 3.05) is 5.75 Å². The predicted molar refractivity (Wildman–Crippen MR) is 98.3 cm³/mol. The van der Waals surface area contributed by atoms with Crippen LogP contribution in [0.1, 0.15) is 23.2 Å². The Kier molecular flexibility index (Phi) is 5.42. The minimum atomic E-state index is -0.0146. The molecule has 24 heavy (non-hydrogen) atoms. The molecule has 7 heteroatoms. The van der Waals surface area contributed by atoms with Crippen LogP contribution in [0.4, 0.5) is 0 Å². The molecule has 0 radical (unpaired) electrons. The van der Waals surface area contributed by atoms with Crippen LogP contribution in [0, 0.1) is 6.92 Å². The molecular formula is C17H18N4OS2. The van der Waals surface area contributed by atoms with E-state index in [2.05, 4.69) is 33.3 Å². The lowest BCUT2D eigenvalue weighted by atomic mass is 10.3. The molecule has 0 fully saturated rings. The molecule has 3 rings (SSSR count). The van der Waals surface area contributed by atoms with E-state index in [1.165, 1.54) is 16.6 Å². The number of thioether (sulfide) groups is 1. The maximum atomic E-state index is 12.1. The van der Waals surface area contributed by atoms with Gasteiger partial charge in [-0.3, -0.25) is 9.78 Å². The number of amides is 1. The fourth-order valence-electron chi connectivity index (χ4n) is 2.22. The van der Waals surface area contributed by atoms with E-state index < -0.39 is 0 Å². The Morgan fingerprint density at radius 3 is 3.00 bits per heavy atom. The maximum Gasteiger partial charge on any atom is 0.230 e. The maximum absolute atomic E-state index is 12.1. The van der Waals surface area contributed by atoms with Crippen molar-refractivity contribution in [3.63, 3.8) is 0 Å². The number of nitrogens with one attached hydrogen (secondary N) is 1. The van der Waals surface area contributed by atoms with Gasteiger partial charge in [0.1, 0.15) is 15.7 Å². The first-order chi connectivity index (χ1) is 11.7. The summed E-state index contributed by atoms with van der Waals surface area (Å²) in [4.78, 5) is 27.4. The van der Waals surface area contributed by atoms with Gasteiger partial charge >= 0.3 is 0 Å². The lowest BCUT2D eigenvalue weighted by Gasteiger charge is -2.06. The Bertz CT molecular complexity index is 848. The minimum Gasteiger partial charge on any atom is -0.351 e. The highest BCUT2D eigenvalue weighted by Crippen LogP contribution is 2.31. The summed E-state index contributed by atoms with van der Waals surface area (Å²) in [6, 6.07) is 5.93. The molecular weight excluding hydrogens is 340 g/mol. The molecule has 0 bridgehead atoms. The van der Waals surface area contributed by atoms with Crippen molar-refractivity contribution < 1.29 is 4.79 Å². The number of carbonyl (C=O) groups excluding carboxylic acids is 1. The van der Waals surface area contributed by atoms with E-state index in [0.29, 0.717) is 12.3 Å². The van der Waals surface area contributed by atoms with Crippen LogP contribution in [0.5, 0.6) is 0 Å². The molecule has 0 aromatic carbocycles. The predicted octanol–water partition coefficient (Wildman–Crippen LogP) is 3.37. The highest BCUT2D eigenvalue weighted by atomic mass is 32.2. The summed E-state index contributed by atoms with van der Waals surface area (Å²) in [5, 5.41) is 4.84. The normalized spacial score (nSPS) is 10.9. The zero-order valence-corrected chi connectivity index (χ0v) is 15.2. The Morgan fingerprint density at radius 1 is 1.38 bits per heavy atom. The van der Waals surface area contributed by atoms with Crippen LogP contribution in [0.2, 0.25) is 0 Å². The van der Waals surface area contributed by atoms with E-state index in [-0.39, 0.29) is 5.91 Å². The fourth-order valence-corrected chi connectivity index (χ4v) is 4.17. The minimum absolute atomic E-state index is 0.0146. The van der Waals surface area contributed by atoms with E-state index in [0.717, 1.165) is 33.1 Å². The molecule has 0 unspecified atom stereocenters. The number of nitrogens with zero attached hydrogens (tertiary/aromatic N) is 3. The van der Waals surface area contributed by atoms with Gasteiger partial charge in [-0.2, -0.15) is 0 Å². The smallest absolute Gasteiger partial charge is 0.230 e. The molecule has 3 aromatic rings. The second kappa shape index (κ2) is 7.72. The van der Waals surface area contributed by atoms with E-state index in [1.54, 1.807) is 23.7 Å². The summed E-state index contributed by atoms with van der Waals surface area (Å²) in [5.74, 6) is 1.06. The summed E-state index contributed by atoms with van der Waals surface area (Å²) in [6.07, 6.45) is 4.45.